The zero-order valence-electron chi connectivity index (χ0n) is 27.6. The molecule has 4 aromatic rings. The van der Waals surface area contributed by atoms with Crippen molar-refractivity contribution in [3.63, 3.8) is 0 Å². The van der Waals surface area contributed by atoms with Crippen molar-refractivity contribution < 1.29 is 45.8 Å². The number of carbonyl (C=O) groups excluding carboxylic acids is 1. The average molecular weight is 724 g/mol. The fourth-order valence-electron chi connectivity index (χ4n) is 6.87. The van der Waals surface area contributed by atoms with Crippen molar-refractivity contribution in [1.29, 1.82) is 0 Å². The molecule has 0 spiro atoms. The Morgan fingerprint density at radius 1 is 1.04 bits per heavy atom. The summed E-state index contributed by atoms with van der Waals surface area (Å²) in [5.41, 5.74) is -1.21. The SMILES string of the molecule is Cc1cccc2c1-c1cc(C3=CC3)c(F)c(c1)[C@H](CC(=O)O)NC(=O)[C@@H](n1cc(CCN3CC(F)C3)c(C(F)(F)F)cc1=O)c1cc(ccc1F)O2. The number of halogens is 6. The van der Waals surface area contributed by atoms with Crippen LogP contribution in [0.3, 0.4) is 0 Å². The summed E-state index contributed by atoms with van der Waals surface area (Å²) in [6.07, 6.45) is -4.16. The summed E-state index contributed by atoms with van der Waals surface area (Å²) in [5, 5.41) is 12.4. The molecule has 8 nitrogen and oxygen atoms in total. The van der Waals surface area contributed by atoms with E-state index in [1.807, 2.05) is 0 Å². The highest BCUT2D eigenvalue weighted by Gasteiger charge is 2.38. The third-order valence-electron chi connectivity index (χ3n) is 9.54. The number of hydrogen-bond donors (Lipinski definition) is 2. The maximum absolute atomic E-state index is 16.4. The molecule has 1 saturated heterocycles. The predicted molar refractivity (Wildman–Crippen MR) is 178 cm³/mol. The number of amides is 1. The van der Waals surface area contributed by atoms with Gasteiger partial charge in [0.15, 0.2) is 0 Å². The summed E-state index contributed by atoms with van der Waals surface area (Å²) < 4.78 is 95.3. The molecule has 7 rings (SSSR count). The largest absolute Gasteiger partial charge is 0.481 e. The van der Waals surface area contributed by atoms with Gasteiger partial charge in [-0.1, -0.05) is 18.2 Å². The number of nitrogens with one attached hydrogen (secondary N) is 1. The second-order valence-electron chi connectivity index (χ2n) is 13.2. The number of pyridine rings is 1. The lowest BCUT2D eigenvalue weighted by Crippen LogP contribution is -2.49. The molecule has 3 aliphatic rings. The highest BCUT2D eigenvalue weighted by Crippen LogP contribution is 2.43. The molecule has 1 amide bonds. The monoisotopic (exact) mass is 723 g/mol. The number of hydrogen-bond acceptors (Lipinski definition) is 5. The van der Waals surface area contributed by atoms with E-state index in [2.05, 4.69) is 5.32 Å². The third-order valence-corrected chi connectivity index (χ3v) is 9.54. The quantitative estimate of drug-likeness (QED) is 0.197. The van der Waals surface area contributed by atoms with Crippen LogP contribution >= 0.6 is 0 Å². The number of ether oxygens (including phenoxy) is 1. The second-order valence-corrected chi connectivity index (χ2v) is 13.2. The van der Waals surface area contributed by atoms with Gasteiger partial charge in [0.1, 0.15) is 35.3 Å². The van der Waals surface area contributed by atoms with Crippen LogP contribution in [-0.4, -0.2) is 52.3 Å². The third kappa shape index (κ3) is 6.82. The number of carboxylic acid groups (broad SMARTS) is 1. The number of aliphatic carboxylic acids is 1. The standard InChI is InChI=1S/C38H31F6N3O5/c1-19-3-2-4-31-34(19)22-11-25(20-5-6-20)35(41)27(12-22)30(15-33(49)50)45-37(51)36(26-13-24(52-31)7-8-29(26)40)47-16-21(9-10-46-17-23(39)18-46)28(14-32(47)48)38(42,43)44/h2-5,7-8,11-14,16,23,30,36H,6,9-10,15,17-18H2,1H3,(H,45,51)(H,49,50)/t30-,36-/m0/s1. The van der Waals surface area contributed by atoms with Crippen molar-refractivity contribution in [2.45, 2.75) is 50.6 Å². The zero-order chi connectivity index (χ0) is 37.1. The Kier molecular flexibility index (Phi) is 8.97. The first-order chi connectivity index (χ1) is 24.7. The topological polar surface area (TPSA) is 101 Å². The van der Waals surface area contributed by atoms with E-state index in [9.17, 15) is 37.1 Å². The maximum atomic E-state index is 16.4. The molecule has 0 saturated carbocycles. The van der Waals surface area contributed by atoms with E-state index in [1.165, 1.54) is 12.1 Å². The van der Waals surface area contributed by atoms with Crippen molar-refractivity contribution >= 4 is 17.4 Å². The number of carbonyl (C=O) groups is 2. The van der Waals surface area contributed by atoms with Crippen LogP contribution in [0, 0.1) is 18.6 Å². The number of aromatic nitrogens is 1. The summed E-state index contributed by atoms with van der Waals surface area (Å²) in [4.78, 5) is 41.7. The Hall–Kier alpha value is -5.37. The molecule has 1 aromatic heterocycles. The maximum Gasteiger partial charge on any atom is 0.416 e. The van der Waals surface area contributed by atoms with Gasteiger partial charge in [-0.2, -0.15) is 13.2 Å². The van der Waals surface area contributed by atoms with Crippen LogP contribution in [0.25, 0.3) is 16.7 Å². The van der Waals surface area contributed by atoms with Crippen LogP contribution in [0.1, 0.15) is 58.3 Å². The number of allylic oxidation sites excluding steroid dienone is 2. The number of carboxylic acids is 1. The van der Waals surface area contributed by atoms with Gasteiger partial charge in [-0.15, -0.1) is 0 Å². The van der Waals surface area contributed by atoms with E-state index in [1.54, 1.807) is 42.2 Å². The molecule has 2 aliphatic heterocycles. The van der Waals surface area contributed by atoms with E-state index >= 15 is 8.78 Å². The lowest BCUT2D eigenvalue weighted by atomic mass is 9.91. The van der Waals surface area contributed by atoms with E-state index in [0.29, 0.717) is 39.3 Å². The average Bonchev–Trinajstić information content (AvgIpc) is 3.90. The van der Waals surface area contributed by atoms with Crippen LogP contribution in [0.2, 0.25) is 0 Å². The molecule has 3 aromatic carbocycles. The minimum absolute atomic E-state index is 0.00412. The van der Waals surface area contributed by atoms with Crippen molar-refractivity contribution in [1.82, 2.24) is 14.8 Å². The van der Waals surface area contributed by atoms with E-state index in [4.69, 9.17) is 4.74 Å². The predicted octanol–water partition coefficient (Wildman–Crippen LogP) is 7.13. The van der Waals surface area contributed by atoms with Gasteiger partial charge in [0.05, 0.1) is 18.0 Å². The number of benzene rings is 3. The molecule has 3 heterocycles. The van der Waals surface area contributed by atoms with Gasteiger partial charge in [-0.25, -0.2) is 13.2 Å². The molecule has 52 heavy (non-hydrogen) atoms. The summed E-state index contributed by atoms with van der Waals surface area (Å²) in [6, 6.07) is 8.21. The van der Waals surface area contributed by atoms with Crippen LogP contribution in [-0.2, 0) is 22.2 Å². The number of aryl methyl sites for hydroxylation is 1. The van der Waals surface area contributed by atoms with Crippen LogP contribution in [0.5, 0.6) is 11.5 Å². The molecule has 2 atom stereocenters. The van der Waals surface area contributed by atoms with Gasteiger partial charge < -0.3 is 15.2 Å². The highest BCUT2D eigenvalue weighted by molar-refractivity contribution is 5.87. The van der Waals surface area contributed by atoms with Crippen LogP contribution < -0.4 is 15.6 Å². The fraction of sp³-hybridized carbons (Fsp3) is 0.289. The molecule has 1 fully saturated rings. The smallest absolute Gasteiger partial charge is 0.416 e. The fourth-order valence-corrected chi connectivity index (χ4v) is 6.87. The Balaban J connectivity index is 1.45. The Morgan fingerprint density at radius 3 is 2.46 bits per heavy atom. The lowest BCUT2D eigenvalue weighted by molar-refractivity contribution is -0.139. The Labute approximate surface area is 292 Å². The minimum Gasteiger partial charge on any atom is -0.481 e. The summed E-state index contributed by atoms with van der Waals surface area (Å²) in [7, 11) is 0. The molecule has 2 N–H and O–H groups in total. The first-order valence-electron chi connectivity index (χ1n) is 16.5. The summed E-state index contributed by atoms with van der Waals surface area (Å²) >= 11 is 0. The van der Waals surface area contributed by atoms with Gasteiger partial charge in [0.2, 0.25) is 5.91 Å². The molecule has 0 radical (unpaired) electrons. The molecule has 1 aliphatic carbocycles. The van der Waals surface area contributed by atoms with E-state index in [0.717, 1.165) is 18.3 Å². The number of nitrogens with zero attached hydrogens (tertiary/aromatic N) is 2. The number of alkyl halides is 4. The summed E-state index contributed by atoms with van der Waals surface area (Å²) in [5.74, 6) is -4.18. The van der Waals surface area contributed by atoms with Crippen LogP contribution in [0.15, 0.2) is 71.7 Å². The summed E-state index contributed by atoms with van der Waals surface area (Å²) in [6.45, 7) is 1.83. The number of likely N-dealkylation sites (tertiary alicyclic amines) is 1. The van der Waals surface area contributed by atoms with Crippen molar-refractivity contribution in [3.8, 4) is 22.6 Å². The molecule has 14 heteroatoms. The molecular formula is C38H31F6N3O5. The first-order valence-corrected chi connectivity index (χ1v) is 16.5. The van der Waals surface area contributed by atoms with Gasteiger partial charge in [-0.3, -0.25) is 23.9 Å². The minimum atomic E-state index is -4.98. The first kappa shape index (κ1) is 35.1. The van der Waals surface area contributed by atoms with Crippen molar-refractivity contribution in [2.24, 2.45) is 0 Å². The Bertz CT molecular complexity index is 2210. The number of fused-ring (bicyclic) bond motifs is 6. The van der Waals surface area contributed by atoms with Crippen LogP contribution in [0.4, 0.5) is 26.3 Å². The van der Waals surface area contributed by atoms with E-state index < -0.39 is 76.6 Å². The van der Waals surface area contributed by atoms with Gasteiger partial charge in [0.25, 0.3) is 5.56 Å². The van der Waals surface area contributed by atoms with Crippen molar-refractivity contribution in [3.05, 3.63) is 122 Å². The second kappa shape index (κ2) is 13.3. The molecule has 270 valence electrons. The lowest BCUT2D eigenvalue weighted by Gasteiger charge is -2.34. The van der Waals surface area contributed by atoms with Crippen molar-refractivity contribution in [2.75, 3.05) is 19.6 Å². The highest BCUT2D eigenvalue weighted by atomic mass is 19.4. The van der Waals surface area contributed by atoms with Gasteiger partial charge >= 0.3 is 12.1 Å². The van der Waals surface area contributed by atoms with Gasteiger partial charge in [0, 0.05) is 54.2 Å². The zero-order valence-corrected chi connectivity index (χ0v) is 27.6. The molecule has 4 bridgehead atoms. The Morgan fingerprint density at radius 2 is 1.79 bits per heavy atom. The normalized spacial score (nSPS) is 18.8. The van der Waals surface area contributed by atoms with E-state index in [-0.39, 0.29) is 48.7 Å². The molecule has 0 unspecified atom stereocenters. The van der Waals surface area contributed by atoms with Gasteiger partial charge in [-0.05, 0) is 78.4 Å². The molecular weight excluding hydrogens is 692 g/mol. The number of rotatable bonds is 7.